The van der Waals surface area contributed by atoms with Crippen LogP contribution in [0.2, 0.25) is 0 Å². The van der Waals surface area contributed by atoms with E-state index < -0.39 is 31.9 Å². The van der Waals surface area contributed by atoms with Gasteiger partial charge in [-0.25, -0.2) is 12.8 Å². The Morgan fingerprint density at radius 3 is 2.40 bits per heavy atom. The topological polar surface area (TPSA) is 105 Å². The monoisotopic (exact) mass is 517 g/mol. The summed E-state index contributed by atoms with van der Waals surface area (Å²) in [5, 5.41) is 4.43. The lowest BCUT2D eigenvalue weighted by Gasteiger charge is -2.23. The van der Waals surface area contributed by atoms with Crippen molar-refractivity contribution < 1.29 is 26.0 Å². The lowest BCUT2D eigenvalue weighted by atomic mass is 9.98. The minimum absolute atomic E-state index is 0.00956. The Hall–Kier alpha value is -3.44. The zero-order chi connectivity index (χ0) is 25.2. The van der Waals surface area contributed by atoms with Crippen LogP contribution < -0.4 is 9.46 Å². The molecule has 0 radical (unpaired) electrons. The Labute approximate surface area is 204 Å². The Morgan fingerprint density at radius 1 is 1.03 bits per heavy atom. The average Bonchev–Trinajstić information content (AvgIpc) is 3.30. The number of rotatable bonds is 8. The highest BCUT2D eigenvalue weighted by molar-refractivity contribution is 7.92. The van der Waals surface area contributed by atoms with E-state index >= 15 is 0 Å². The molecule has 0 saturated heterocycles. The Balaban J connectivity index is 1.82. The van der Waals surface area contributed by atoms with Gasteiger partial charge >= 0.3 is 0 Å². The van der Waals surface area contributed by atoms with Gasteiger partial charge in [0.1, 0.15) is 11.6 Å². The standard InChI is InChI=1S/C24H24FN3O5S2/c1-3-34(29,30)27-22-10-5-4-9-21(22)23-16-24(17-7-6-8-18(25)15-17)28(26-23)35(31,32)20-13-11-19(33-2)12-14-20/h4-15,24,27H,3,16H2,1-2H3. The molecule has 0 saturated carbocycles. The molecule has 1 aliphatic heterocycles. The van der Waals surface area contributed by atoms with E-state index in [1.807, 2.05) is 0 Å². The number of hydrogen-bond acceptors (Lipinski definition) is 6. The SMILES string of the molecule is CCS(=O)(=O)Nc1ccccc1C1=NN(S(=O)(=O)c2ccc(OC)cc2)C(c2cccc(F)c2)C1. The van der Waals surface area contributed by atoms with Gasteiger partial charge in [0.15, 0.2) is 0 Å². The molecule has 8 nitrogen and oxygen atoms in total. The van der Waals surface area contributed by atoms with Crippen molar-refractivity contribution in [1.82, 2.24) is 4.41 Å². The highest BCUT2D eigenvalue weighted by Crippen LogP contribution is 2.38. The van der Waals surface area contributed by atoms with E-state index in [4.69, 9.17) is 4.74 Å². The van der Waals surface area contributed by atoms with E-state index in [2.05, 4.69) is 9.82 Å². The van der Waals surface area contributed by atoms with E-state index in [1.165, 1.54) is 56.5 Å². The third-order valence-electron chi connectivity index (χ3n) is 5.59. The van der Waals surface area contributed by atoms with Gasteiger partial charge in [0.05, 0.1) is 35.2 Å². The number of nitrogens with one attached hydrogen (secondary N) is 1. The predicted octanol–water partition coefficient (Wildman–Crippen LogP) is 4.14. The molecular weight excluding hydrogens is 493 g/mol. The first kappa shape index (κ1) is 24.7. The number of nitrogens with zero attached hydrogens (tertiary/aromatic N) is 2. The van der Waals surface area contributed by atoms with Crippen molar-refractivity contribution >= 4 is 31.4 Å². The van der Waals surface area contributed by atoms with Crippen molar-refractivity contribution in [2.45, 2.75) is 24.3 Å². The molecular formula is C24H24FN3O5S2. The van der Waals surface area contributed by atoms with Crippen LogP contribution in [0.4, 0.5) is 10.1 Å². The first-order valence-corrected chi connectivity index (χ1v) is 13.8. The molecule has 1 aliphatic rings. The maximum atomic E-state index is 14.1. The number of halogens is 1. The zero-order valence-electron chi connectivity index (χ0n) is 19.0. The molecule has 0 amide bonds. The van der Waals surface area contributed by atoms with Crippen LogP contribution >= 0.6 is 0 Å². The molecule has 35 heavy (non-hydrogen) atoms. The zero-order valence-corrected chi connectivity index (χ0v) is 20.7. The normalized spacial score (nSPS) is 16.1. The smallest absolute Gasteiger partial charge is 0.279 e. The summed E-state index contributed by atoms with van der Waals surface area (Å²) in [6, 6.07) is 17.4. The Bertz CT molecular complexity index is 1470. The molecule has 0 aliphatic carbocycles. The van der Waals surface area contributed by atoms with Crippen molar-refractivity contribution in [1.29, 1.82) is 0 Å². The van der Waals surface area contributed by atoms with Crippen LogP contribution in [0.25, 0.3) is 0 Å². The third kappa shape index (κ3) is 5.15. The summed E-state index contributed by atoms with van der Waals surface area (Å²) in [7, 11) is -6.25. The average molecular weight is 518 g/mol. The molecule has 3 aromatic rings. The molecule has 11 heteroatoms. The minimum atomic E-state index is -4.14. The van der Waals surface area contributed by atoms with Crippen LogP contribution in [0.1, 0.15) is 30.5 Å². The van der Waals surface area contributed by atoms with Gasteiger partial charge in [0.25, 0.3) is 10.0 Å². The summed E-state index contributed by atoms with van der Waals surface area (Å²) >= 11 is 0. The molecule has 3 aromatic carbocycles. The summed E-state index contributed by atoms with van der Waals surface area (Å²) < 4.78 is 74.3. The summed E-state index contributed by atoms with van der Waals surface area (Å²) in [6.07, 6.45) is 0.115. The molecule has 0 bridgehead atoms. The number of benzene rings is 3. The van der Waals surface area contributed by atoms with E-state index in [-0.39, 0.29) is 22.8 Å². The fourth-order valence-corrected chi connectivity index (χ4v) is 5.84. The van der Waals surface area contributed by atoms with Crippen LogP contribution in [0.5, 0.6) is 5.75 Å². The van der Waals surface area contributed by atoms with Gasteiger partial charge in [-0.3, -0.25) is 4.72 Å². The number of anilines is 1. The third-order valence-corrected chi connectivity index (χ3v) is 8.58. The van der Waals surface area contributed by atoms with Crippen LogP contribution in [-0.4, -0.2) is 39.8 Å². The van der Waals surface area contributed by atoms with E-state index in [0.717, 1.165) is 4.41 Å². The molecule has 1 heterocycles. The van der Waals surface area contributed by atoms with Crippen molar-refractivity contribution in [3.8, 4) is 5.75 Å². The Kier molecular flexibility index (Phi) is 6.82. The second-order valence-corrected chi connectivity index (χ2v) is 11.6. The van der Waals surface area contributed by atoms with E-state index in [9.17, 15) is 21.2 Å². The maximum Gasteiger partial charge on any atom is 0.279 e. The van der Waals surface area contributed by atoms with Crippen molar-refractivity contribution in [3.63, 3.8) is 0 Å². The molecule has 0 spiro atoms. The van der Waals surface area contributed by atoms with Crippen molar-refractivity contribution in [2.75, 3.05) is 17.6 Å². The summed E-state index contributed by atoms with van der Waals surface area (Å²) in [5.41, 5.74) is 1.51. The van der Waals surface area contributed by atoms with Crippen LogP contribution in [0.3, 0.4) is 0 Å². The second kappa shape index (κ2) is 9.67. The fourth-order valence-electron chi connectivity index (χ4n) is 3.75. The van der Waals surface area contributed by atoms with Gasteiger partial charge in [-0.2, -0.15) is 17.9 Å². The number of ether oxygens (including phenoxy) is 1. The van der Waals surface area contributed by atoms with Crippen LogP contribution in [-0.2, 0) is 20.0 Å². The van der Waals surface area contributed by atoms with E-state index in [0.29, 0.717) is 22.6 Å². The lowest BCUT2D eigenvalue weighted by Crippen LogP contribution is -2.27. The summed E-state index contributed by atoms with van der Waals surface area (Å²) in [6.45, 7) is 1.52. The minimum Gasteiger partial charge on any atom is -0.497 e. The quantitative estimate of drug-likeness (QED) is 0.484. The highest BCUT2D eigenvalue weighted by Gasteiger charge is 2.38. The van der Waals surface area contributed by atoms with Gasteiger partial charge in [0, 0.05) is 12.0 Å². The number of methoxy groups -OCH3 is 1. The molecule has 0 fully saturated rings. The maximum absolute atomic E-state index is 14.1. The van der Waals surface area contributed by atoms with Gasteiger partial charge in [-0.1, -0.05) is 30.3 Å². The summed E-state index contributed by atoms with van der Waals surface area (Å²) in [4.78, 5) is -0.00956. The number of hydrazone groups is 1. The predicted molar refractivity (Wildman–Crippen MR) is 132 cm³/mol. The van der Waals surface area contributed by atoms with Gasteiger partial charge in [0.2, 0.25) is 10.0 Å². The summed E-state index contributed by atoms with van der Waals surface area (Å²) in [5.74, 6) is -0.139. The van der Waals surface area contributed by atoms with Crippen molar-refractivity contribution in [2.24, 2.45) is 5.10 Å². The van der Waals surface area contributed by atoms with Gasteiger partial charge in [-0.05, 0) is 55.0 Å². The number of hydrogen-bond donors (Lipinski definition) is 1. The number of para-hydroxylation sites is 1. The molecule has 4 rings (SSSR count). The second-order valence-electron chi connectivity index (χ2n) is 7.83. The Morgan fingerprint density at radius 2 is 1.74 bits per heavy atom. The lowest BCUT2D eigenvalue weighted by molar-refractivity contribution is 0.370. The number of sulfonamides is 2. The first-order valence-electron chi connectivity index (χ1n) is 10.8. The molecule has 1 atom stereocenters. The largest absolute Gasteiger partial charge is 0.497 e. The molecule has 1 unspecified atom stereocenters. The molecule has 1 N–H and O–H groups in total. The van der Waals surface area contributed by atoms with E-state index in [1.54, 1.807) is 30.3 Å². The highest BCUT2D eigenvalue weighted by atomic mass is 32.2. The molecule has 0 aromatic heterocycles. The fraction of sp³-hybridized carbons (Fsp3) is 0.208. The van der Waals surface area contributed by atoms with Crippen LogP contribution in [0, 0.1) is 5.82 Å². The van der Waals surface area contributed by atoms with Crippen LogP contribution in [0.15, 0.2) is 82.8 Å². The molecule has 184 valence electrons. The van der Waals surface area contributed by atoms with Crippen molar-refractivity contribution in [3.05, 3.63) is 89.7 Å². The first-order chi connectivity index (χ1) is 16.6. The van der Waals surface area contributed by atoms with Gasteiger partial charge < -0.3 is 4.74 Å². The van der Waals surface area contributed by atoms with Gasteiger partial charge in [-0.15, -0.1) is 0 Å².